The molecule has 5 nitrogen and oxygen atoms in total. The monoisotopic (exact) mass is 210 g/mol. The van der Waals surface area contributed by atoms with Gasteiger partial charge in [0, 0.05) is 0 Å². The Hall–Kier alpha value is -1.56. The number of nitrogens with zero attached hydrogens (tertiary/aromatic N) is 2. The highest BCUT2D eigenvalue weighted by Crippen LogP contribution is 2.20. The van der Waals surface area contributed by atoms with Crippen molar-refractivity contribution >= 4 is 23.4 Å². The van der Waals surface area contributed by atoms with Gasteiger partial charge < -0.3 is 15.5 Å². The Morgan fingerprint density at radius 3 is 3.00 bits per heavy atom. The maximum absolute atomic E-state index is 5.29. The zero-order valence-corrected chi connectivity index (χ0v) is 8.41. The fourth-order valence-electron chi connectivity index (χ4n) is 1.08. The fraction of sp³-hybridized carbons (Fsp3) is 0.250. The average Bonchev–Trinajstić information content (AvgIpc) is 2.75. The molecule has 3 N–H and O–H groups in total. The quantitative estimate of drug-likeness (QED) is 0.808. The van der Waals surface area contributed by atoms with Crippen molar-refractivity contribution < 1.29 is 4.42 Å². The molecule has 14 heavy (non-hydrogen) atoms. The molecule has 1 atom stereocenters. The molecule has 0 saturated carbocycles. The smallest absolute Gasteiger partial charge is 0.317 e. The second kappa shape index (κ2) is 3.67. The van der Waals surface area contributed by atoms with E-state index in [0.717, 1.165) is 0 Å². The third-order valence-corrected chi connectivity index (χ3v) is 2.53. The molecule has 0 fully saturated rings. The molecule has 0 bridgehead atoms. The van der Waals surface area contributed by atoms with Crippen molar-refractivity contribution in [1.29, 1.82) is 0 Å². The lowest BCUT2D eigenvalue weighted by Crippen LogP contribution is -2.05. The van der Waals surface area contributed by atoms with Gasteiger partial charge in [-0.25, -0.2) is 0 Å². The van der Waals surface area contributed by atoms with E-state index in [2.05, 4.69) is 20.9 Å². The molecular weight excluding hydrogens is 200 g/mol. The van der Waals surface area contributed by atoms with Crippen LogP contribution >= 0.6 is 11.3 Å². The summed E-state index contributed by atoms with van der Waals surface area (Å²) in [6, 6.07) is 2.61. The van der Waals surface area contributed by atoms with Gasteiger partial charge in [0.25, 0.3) is 0 Å². The summed E-state index contributed by atoms with van der Waals surface area (Å²) in [6.45, 7) is 2.02. The molecule has 6 heteroatoms. The maximum Gasteiger partial charge on any atom is 0.317 e. The third-order valence-electron chi connectivity index (χ3n) is 1.82. The van der Waals surface area contributed by atoms with E-state index in [0.29, 0.717) is 6.01 Å². The van der Waals surface area contributed by atoms with Crippen molar-refractivity contribution in [3.05, 3.63) is 22.4 Å². The predicted molar refractivity (Wildman–Crippen MR) is 55.1 cm³/mol. The van der Waals surface area contributed by atoms with Crippen LogP contribution in [0, 0.1) is 0 Å². The Morgan fingerprint density at radius 2 is 2.43 bits per heavy atom. The minimum absolute atomic E-state index is 0.0741. The first kappa shape index (κ1) is 9.01. The maximum atomic E-state index is 5.29. The lowest BCUT2D eigenvalue weighted by Gasteiger charge is -2.08. The highest BCUT2D eigenvalue weighted by Gasteiger charge is 2.09. The van der Waals surface area contributed by atoms with Gasteiger partial charge in [-0.1, -0.05) is 10.2 Å². The summed E-state index contributed by atoms with van der Waals surface area (Å²) in [5.74, 6) is 0. The molecule has 0 aliphatic carbocycles. The molecule has 0 aliphatic rings. The van der Waals surface area contributed by atoms with Crippen molar-refractivity contribution in [3.63, 3.8) is 0 Å². The van der Waals surface area contributed by atoms with E-state index in [1.807, 2.05) is 18.4 Å². The summed E-state index contributed by atoms with van der Waals surface area (Å²) >= 11 is 1.65. The number of hydrogen-bond donors (Lipinski definition) is 2. The van der Waals surface area contributed by atoms with Gasteiger partial charge in [-0.05, 0) is 29.3 Å². The van der Waals surface area contributed by atoms with E-state index < -0.39 is 0 Å². The van der Waals surface area contributed by atoms with Crippen LogP contribution in [0.5, 0.6) is 0 Å². The molecule has 0 spiro atoms. The molecule has 1 unspecified atom stereocenters. The summed E-state index contributed by atoms with van der Waals surface area (Å²) in [7, 11) is 0. The van der Waals surface area contributed by atoms with Crippen LogP contribution in [0.4, 0.5) is 12.0 Å². The van der Waals surface area contributed by atoms with E-state index in [9.17, 15) is 0 Å². The molecule has 2 rings (SSSR count). The zero-order chi connectivity index (χ0) is 9.97. The highest BCUT2D eigenvalue weighted by atomic mass is 32.1. The number of nitrogens with two attached hydrogens (primary N) is 1. The van der Waals surface area contributed by atoms with Crippen LogP contribution < -0.4 is 11.1 Å². The van der Waals surface area contributed by atoms with Gasteiger partial charge in [0.15, 0.2) is 0 Å². The third kappa shape index (κ3) is 1.85. The standard InChI is InChI=1S/C8H10N4OS/c1-5(6-2-3-14-4-6)10-8-12-11-7(9)13-8/h2-5H,1H3,(H2,9,11)(H,10,12). The lowest BCUT2D eigenvalue weighted by molar-refractivity contribution is 0.578. The van der Waals surface area contributed by atoms with Crippen molar-refractivity contribution in [2.75, 3.05) is 11.1 Å². The molecule has 0 aliphatic heterocycles. The van der Waals surface area contributed by atoms with Crippen molar-refractivity contribution in [3.8, 4) is 0 Å². The van der Waals surface area contributed by atoms with E-state index >= 15 is 0 Å². The van der Waals surface area contributed by atoms with Crippen molar-refractivity contribution in [1.82, 2.24) is 10.2 Å². The van der Waals surface area contributed by atoms with E-state index in [-0.39, 0.29) is 12.1 Å². The first-order valence-corrected chi connectivity index (χ1v) is 5.07. The molecular formula is C8H10N4OS. The number of nitrogens with one attached hydrogen (secondary N) is 1. The Labute approximate surface area is 85.0 Å². The first-order valence-electron chi connectivity index (χ1n) is 4.13. The van der Waals surface area contributed by atoms with Crippen LogP contribution in [-0.4, -0.2) is 10.2 Å². The minimum Gasteiger partial charge on any atom is -0.390 e. The Kier molecular flexibility index (Phi) is 2.36. The number of nitrogen functional groups attached to an aromatic ring is 1. The summed E-state index contributed by atoms with van der Waals surface area (Å²) in [5.41, 5.74) is 6.48. The summed E-state index contributed by atoms with van der Waals surface area (Å²) in [4.78, 5) is 0. The van der Waals surface area contributed by atoms with Crippen LogP contribution in [0.15, 0.2) is 21.2 Å². The summed E-state index contributed by atoms with van der Waals surface area (Å²) in [6.07, 6.45) is 0. The lowest BCUT2D eigenvalue weighted by atomic mass is 10.2. The molecule has 2 aromatic heterocycles. The molecule has 74 valence electrons. The normalized spacial score (nSPS) is 12.6. The summed E-state index contributed by atoms with van der Waals surface area (Å²) < 4.78 is 5.00. The zero-order valence-electron chi connectivity index (χ0n) is 7.60. The SMILES string of the molecule is CC(Nc1nnc(N)o1)c1ccsc1. The molecule has 2 aromatic rings. The van der Waals surface area contributed by atoms with Gasteiger partial charge in [0.2, 0.25) is 0 Å². The van der Waals surface area contributed by atoms with E-state index in [1.165, 1.54) is 5.56 Å². The Balaban J connectivity index is 2.05. The van der Waals surface area contributed by atoms with Gasteiger partial charge in [-0.3, -0.25) is 0 Å². The number of hydrogen-bond acceptors (Lipinski definition) is 6. The number of thiophene rings is 1. The van der Waals surface area contributed by atoms with Crippen LogP contribution in [0.2, 0.25) is 0 Å². The second-order valence-electron chi connectivity index (χ2n) is 2.87. The largest absolute Gasteiger partial charge is 0.390 e. The average molecular weight is 210 g/mol. The molecule has 0 radical (unpaired) electrons. The van der Waals surface area contributed by atoms with Crippen LogP contribution in [0.3, 0.4) is 0 Å². The van der Waals surface area contributed by atoms with Crippen molar-refractivity contribution in [2.24, 2.45) is 0 Å². The van der Waals surface area contributed by atoms with E-state index in [1.54, 1.807) is 11.3 Å². The number of anilines is 2. The van der Waals surface area contributed by atoms with Gasteiger partial charge in [-0.2, -0.15) is 11.3 Å². The predicted octanol–water partition coefficient (Wildman–Crippen LogP) is 1.89. The number of rotatable bonds is 3. The number of aromatic nitrogens is 2. The van der Waals surface area contributed by atoms with E-state index in [4.69, 9.17) is 10.2 Å². The van der Waals surface area contributed by atoms with Gasteiger partial charge in [0.05, 0.1) is 6.04 Å². The van der Waals surface area contributed by atoms with Crippen LogP contribution in [-0.2, 0) is 0 Å². The van der Waals surface area contributed by atoms with Gasteiger partial charge in [-0.15, -0.1) is 0 Å². The molecule has 2 heterocycles. The minimum atomic E-state index is 0.0741. The van der Waals surface area contributed by atoms with Crippen LogP contribution in [0.25, 0.3) is 0 Å². The van der Waals surface area contributed by atoms with Gasteiger partial charge in [0.1, 0.15) is 0 Å². The fourth-order valence-corrected chi connectivity index (χ4v) is 1.84. The molecule has 0 amide bonds. The molecule has 0 saturated heterocycles. The highest BCUT2D eigenvalue weighted by molar-refractivity contribution is 7.07. The Morgan fingerprint density at radius 1 is 1.57 bits per heavy atom. The van der Waals surface area contributed by atoms with Gasteiger partial charge >= 0.3 is 12.0 Å². The van der Waals surface area contributed by atoms with Crippen molar-refractivity contribution in [2.45, 2.75) is 13.0 Å². The first-order chi connectivity index (χ1) is 6.75. The molecule has 0 aromatic carbocycles. The van der Waals surface area contributed by atoms with Crippen LogP contribution in [0.1, 0.15) is 18.5 Å². The topological polar surface area (TPSA) is 77.0 Å². The second-order valence-corrected chi connectivity index (χ2v) is 3.65. The summed E-state index contributed by atoms with van der Waals surface area (Å²) in [5, 5.41) is 14.4. The Bertz CT molecular complexity index is 397.